The van der Waals surface area contributed by atoms with Gasteiger partial charge in [-0.1, -0.05) is 11.6 Å². The number of amides is 1. The minimum absolute atomic E-state index is 0.0391. The first-order valence-corrected chi connectivity index (χ1v) is 7.74. The van der Waals surface area contributed by atoms with Gasteiger partial charge in [0.2, 0.25) is 0 Å². The fraction of sp³-hybridized carbons (Fsp3) is 0.267. The smallest absolute Gasteiger partial charge is 0.269 e. The third-order valence-corrected chi connectivity index (χ3v) is 4.60. The SMILES string of the molecule is Cc1cc(C(=O)N(C)Cc2cc([N+](=O)[O-])ccc2Cl)c(C)s1. The van der Waals surface area contributed by atoms with Crippen LogP contribution in [0.15, 0.2) is 24.3 Å². The van der Waals surface area contributed by atoms with Gasteiger partial charge < -0.3 is 4.90 Å². The van der Waals surface area contributed by atoms with Crippen molar-refractivity contribution < 1.29 is 9.72 Å². The molecule has 2 rings (SSSR count). The summed E-state index contributed by atoms with van der Waals surface area (Å²) >= 11 is 7.64. The molecule has 1 amide bonds. The fourth-order valence-electron chi connectivity index (χ4n) is 2.17. The van der Waals surface area contributed by atoms with E-state index < -0.39 is 4.92 Å². The molecule has 0 aliphatic carbocycles. The van der Waals surface area contributed by atoms with Crippen molar-refractivity contribution in [2.45, 2.75) is 20.4 Å². The lowest BCUT2D eigenvalue weighted by molar-refractivity contribution is -0.384. The Kier molecular flexibility index (Phi) is 4.83. The highest BCUT2D eigenvalue weighted by molar-refractivity contribution is 7.12. The van der Waals surface area contributed by atoms with Gasteiger partial charge in [0, 0.05) is 40.5 Å². The van der Waals surface area contributed by atoms with Crippen LogP contribution in [0.1, 0.15) is 25.7 Å². The predicted octanol–water partition coefficient (Wildman–Crippen LogP) is 4.20. The van der Waals surface area contributed by atoms with Crippen LogP contribution >= 0.6 is 22.9 Å². The summed E-state index contributed by atoms with van der Waals surface area (Å²) < 4.78 is 0. The number of aryl methyl sites for hydroxylation is 2. The summed E-state index contributed by atoms with van der Waals surface area (Å²) in [5, 5.41) is 11.2. The second-order valence-corrected chi connectivity index (χ2v) is 6.89. The van der Waals surface area contributed by atoms with Crippen LogP contribution in [0, 0.1) is 24.0 Å². The van der Waals surface area contributed by atoms with Gasteiger partial charge in [-0.15, -0.1) is 11.3 Å². The molecule has 1 aromatic heterocycles. The minimum atomic E-state index is -0.478. The quantitative estimate of drug-likeness (QED) is 0.620. The summed E-state index contributed by atoms with van der Waals surface area (Å²) in [7, 11) is 1.66. The molecule has 0 atom stereocenters. The molecule has 0 radical (unpaired) electrons. The van der Waals surface area contributed by atoms with Gasteiger partial charge in [0.15, 0.2) is 0 Å². The van der Waals surface area contributed by atoms with E-state index in [1.54, 1.807) is 18.4 Å². The summed E-state index contributed by atoms with van der Waals surface area (Å²) in [6.07, 6.45) is 0. The van der Waals surface area contributed by atoms with Crippen molar-refractivity contribution in [3.05, 3.63) is 60.3 Å². The van der Waals surface area contributed by atoms with Crippen LogP contribution in [0.2, 0.25) is 5.02 Å². The van der Waals surface area contributed by atoms with Gasteiger partial charge in [-0.05, 0) is 31.5 Å². The molecule has 0 bridgehead atoms. The van der Waals surface area contributed by atoms with E-state index in [0.717, 1.165) is 9.75 Å². The molecule has 0 saturated heterocycles. The van der Waals surface area contributed by atoms with Crippen LogP contribution in [0.4, 0.5) is 5.69 Å². The molecular formula is C15H15ClN2O3S. The number of thiophene rings is 1. The van der Waals surface area contributed by atoms with Crippen LogP contribution in [0.3, 0.4) is 0 Å². The van der Waals surface area contributed by atoms with Gasteiger partial charge in [0.1, 0.15) is 0 Å². The highest BCUT2D eigenvalue weighted by Crippen LogP contribution is 2.25. The lowest BCUT2D eigenvalue weighted by Gasteiger charge is -2.18. The number of carbonyl (C=O) groups excluding carboxylic acids is 1. The molecule has 0 aliphatic heterocycles. The van der Waals surface area contributed by atoms with Crippen molar-refractivity contribution in [1.29, 1.82) is 0 Å². The zero-order valence-electron chi connectivity index (χ0n) is 12.4. The third-order valence-electron chi connectivity index (χ3n) is 3.27. The van der Waals surface area contributed by atoms with Gasteiger partial charge in [-0.2, -0.15) is 0 Å². The third kappa shape index (κ3) is 3.45. The minimum Gasteiger partial charge on any atom is -0.337 e. The maximum Gasteiger partial charge on any atom is 0.269 e. The zero-order chi connectivity index (χ0) is 16.4. The van der Waals surface area contributed by atoms with Crippen molar-refractivity contribution >= 4 is 34.5 Å². The maximum atomic E-state index is 12.5. The first-order valence-electron chi connectivity index (χ1n) is 6.55. The second kappa shape index (κ2) is 6.46. The summed E-state index contributed by atoms with van der Waals surface area (Å²) in [5.74, 6) is -0.121. The van der Waals surface area contributed by atoms with Crippen molar-refractivity contribution in [1.82, 2.24) is 4.90 Å². The zero-order valence-corrected chi connectivity index (χ0v) is 14.0. The van der Waals surface area contributed by atoms with Crippen LogP contribution in [0.5, 0.6) is 0 Å². The normalized spacial score (nSPS) is 10.5. The number of rotatable bonds is 4. The van der Waals surface area contributed by atoms with E-state index in [9.17, 15) is 14.9 Å². The molecule has 0 N–H and O–H groups in total. The first-order chi connectivity index (χ1) is 10.3. The van der Waals surface area contributed by atoms with Gasteiger partial charge in [0.25, 0.3) is 11.6 Å². The number of nitrogens with zero attached hydrogens (tertiary/aromatic N) is 2. The average Bonchev–Trinajstić information content (AvgIpc) is 2.78. The van der Waals surface area contributed by atoms with Crippen molar-refractivity contribution in [3.8, 4) is 0 Å². The number of benzene rings is 1. The maximum absolute atomic E-state index is 12.5. The molecule has 0 aliphatic rings. The molecule has 22 heavy (non-hydrogen) atoms. The fourth-order valence-corrected chi connectivity index (χ4v) is 3.27. The largest absolute Gasteiger partial charge is 0.337 e. The van der Waals surface area contributed by atoms with Crippen molar-refractivity contribution in [3.63, 3.8) is 0 Å². The molecule has 0 unspecified atom stereocenters. The van der Waals surface area contributed by atoms with Crippen LogP contribution in [0.25, 0.3) is 0 Å². The Labute approximate surface area is 137 Å². The lowest BCUT2D eigenvalue weighted by Crippen LogP contribution is -2.26. The summed E-state index contributed by atoms with van der Waals surface area (Å²) in [6, 6.07) is 6.08. The number of hydrogen-bond acceptors (Lipinski definition) is 4. The number of hydrogen-bond donors (Lipinski definition) is 0. The molecule has 2 aromatic rings. The molecule has 0 saturated carbocycles. The topological polar surface area (TPSA) is 63.5 Å². The Morgan fingerprint density at radius 3 is 2.59 bits per heavy atom. The van der Waals surface area contributed by atoms with E-state index >= 15 is 0 Å². The molecule has 1 aromatic carbocycles. The van der Waals surface area contributed by atoms with Crippen molar-refractivity contribution in [2.75, 3.05) is 7.05 Å². The number of non-ortho nitro benzene ring substituents is 1. The summed E-state index contributed by atoms with van der Waals surface area (Å²) in [5.41, 5.74) is 1.17. The predicted molar refractivity (Wildman–Crippen MR) is 87.7 cm³/mol. The Bertz CT molecular complexity index is 742. The Balaban J connectivity index is 2.23. The number of halogens is 1. The molecule has 7 heteroatoms. The molecule has 0 spiro atoms. The monoisotopic (exact) mass is 338 g/mol. The van der Waals surface area contributed by atoms with Gasteiger partial charge >= 0.3 is 0 Å². The molecular weight excluding hydrogens is 324 g/mol. The number of nitro groups is 1. The molecule has 0 fully saturated rings. The highest BCUT2D eigenvalue weighted by Gasteiger charge is 2.18. The van der Waals surface area contributed by atoms with E-state index in [-0.39, 0.29) is 18.1 Å². The van der Waals surface area contributed by atoms with Gasteiger partial charge in [-0.3, -0.25) is 14.9 Å². The van der Waals surface area contributed by atoms with Gasteiger partial charge in [0.05, 0.1) is 10.5 Å². The van der Waals surface area contributed by atoms with Crippen LogP contribution in [-0.2, 0) is 6.54 Å². The molecule has 116 valence electrons. The van der Waals surface area contributed by atoms with E-state index in [2.05, 4.69) is 0 Å². The van der Waals surface area contributed by atoms with E-state index in [0.29, 0.717) is 16.1 Å². The number of carbonyl (C=O) groups is 1. The van der Waals surface area contributed by atoms with E-state index in [1.807, 2.05) is 19.9 Å². The first kappa shape index (κ1) is 16.5. The molecule has 5 nitrogen and oxygen atoms in total. The lowest BCUT2D eigenvalue weighted by atomic mass is 10.1. The Hall–Kier alpha value is -1.92. The Morgan fingerprint density at radius 1 is 1.36 bits per heavy atom. The van der Waals surface area contributed by atoms with E-state index in [1.165, 1.54) is 23.1 Å². The summed E-state index contributed by atoms with van der Waals surface area (Å²) in [4.78, 5) is 26.4. The van der Waals surface area contributed by atoms with Crippen molar-refractivity contribution in [2.24, 2.45) is 0 Å². The standard InChI is InChI=1S/C15H15ClN2O3S/c1-9-6-13(10(2)22-9)15(19)17(3)8-11-7-12(18(20)21)4-5-14(11)16/h4-7H,8H2,1-3H3. The second-order valence-electron chi connectivity index (χ2n) is 5.02. The highest BCUT2D eigenvalue weighted by atomic mass is 35.5. The Morgan fingerprint density at radius 2 is 2.05 bits per heavy atom. The van der Waals surface area contributed by atoms with E-state index in [4.69, 9.17) is 11.6 Å². The average molecular weight is 339 g/mol. The van der Waals surface area contributed by atoms with Gasteiger partial charge in [-0.25, -0.2) is 0 Å². The summed E-state index contributed by atoms with van der Waals surface area (Å²) in [6.45, 7) is 4.07. The van der Waals surface area contributed by atoms with Crippen LogP contribution in [-0.4, -0.2) is 22.8 Å². The van der Waals surface area contributed by atoms with Crippen LogP contribution < -0.4 is 0 Å². The molecule has 1 heterocycles. The number of nitro benzene ring substituents is 1.